The number of nitrogens with one attached hydrogen (secondary N) is 2. The van der Waals surface area contributed by atoms with Crippen LogP contribution in [0.15, 0.2) is 42.6 Å². The van der Waals surface area contributed by atoms with Gasteiger partial charge in [-0.05, 0) is 87.5 Å². The molecule has 4 heteroatoms. The van der Waals surface area contributed by atoms with Crippen LogP contribution in [-0.4, -0.2) is 16.4 Å². The predicted molar refractivity (Wildman–Crippen MR) is 108 cm³/mol. The Kier molecular flexibility index (Phi) is 3.96. The Balaban J connectivity index is 1.26. The highest BCUT2D eigenvalue weighted by molar-refractivity contribution is 6.04. The first-order valence-corrected chi connectivity index (χ1v) is 10.2. The van der Waals surface area contributed by atoms with Crippen molar-refractivity contribution in [2.45, 2.75) is 51.0 Å². The summed E-state index contributed by atoms with van der Waals surface area (Å²) in [6.07, 6.45) is 9.98. The van der Waals surface area contributed by atoms with Crippen LogP contribution in [0.5, 0.6) is 0 Å². The van der Waals surface area contributed by atoms with Gasteiger partial charge in [-0.1, -0.05) is 17.7 Å². The first-order chi connectivity index (χ1) is 13.1. The smallest absolute Gasteiger partial charge is 0.255 e. The molecule has 2 aromatic rings. The molecule has 4 bridgehead atoms. The molecule has 4 fully saturated rings. The van der Waals surface area contributed by atoms with Crippen LogP contribution in [0.3, 0.4) is 0 Å². The van der Waals surface area contributed by atoms with Crippen molar-refractivity contribution in [3.8, 4) is 0 Å². The molecule has 0 spiro atoms. The lowest BCUT2D eigenvalue weighted by Gasteiger charge is -2.57. The second-order valence-electron chi connectivity index (χ2n) is 9.08. The van der Waals surface area contributed by atoms with Crippen LogP contribution in [-0.2, 0) is 0 Å². The number of nitrogens with zero attached hydrogens (tertiary/aromatic N) is 1. The average molecular weight is 361 g/mol. The Morgan fingerprint density at radius 2 is 1.74 bits per heavy atom. The second kappa shape index (κ2) is 6.36. The molecular formula is C23H27N3O. The number of carbonyl (C=O) groups excluding carboxylic acids is 1. The number of hydrogen-bond acceptors (Lipinski definition) is 3. The van der Waals surface area contributed by atoms with Crippen molar-refractivity contribution in [3.63, 3.8) is 0 Å². The molecule has 4 saturated carbocycles. The molecule has 27 heavy (non-hydrogen) atoms. The summed E-state index contributed by atoms with van der Waals surface area (Å²) in [6, 6.07) is 11.6. The summed E-state index contributed by atoms with van der Waals surface area (Å²) in [6.45, 7) is 1.99. The predicted octanol–water partition coefficient (Wildman–Crippen LogP) is 5.02. The molecule has 0 atom stereocenters. The molecule has 2 N–H and O–H groups in total. The maximum absolute atomic E-state index is 12.4. The fourth-order valence-corrected chi connectivity index (χ4v) is 6.07. The van der Waals surface area contributed by atoms with E-state index in [4.69, 9.17) is 0 Å². The third-order valence-electron chi connectivity index (χ3n) is 6.73. The van der Waals surface area contributed by atoms with Gasteiger partial charge in [0.05, 0.1) is 11.9 Å². The Morgan fingerprint density at radius 3 is 2.33 bits per heavy atom. The number of benzene rings is 1. The van der Waals surface area contributed by atoms with Crippen molar-refractivity contribution in [2.24, 2.45) is 17.8 Å². The minimum Gasteiger partial charge on any atom is -0.365 e. The summed E-state index contributed by atoms with van der Waals surface area (Å²) >= 11 is 0. The van der Waals surface area contributed by atoms with E-state index >= 15 is 0 Å². The van der Waals surface area contributed by atoms with Gasteiger partial charge in [-0.3, -0.25) is 4.79 Å². The SMILES string of the molecule is Cc1cccc(C(=O)Nc2ccc(NC34CC5CC(CC(C5)C3)C4)nc2)c1. The number of hydrogen-bond donors (Lipinski definition) is 2. The van der Waals surface area contributed by atoms with Gasteiger partial charge in [0.15, 0.2) is 0 Å². The molecule has 1 aromatic heterocycles. The molecule has 1 amide bonds. The van der Waals surface area contributed by atoms with E-state index in [1.807, 2.05) is 43.3 Å². The highest BCUT2D eigenvalue weighted by Crippen LogP contribution is 2.56. The van der Waals surface area contributed by atoms with Gasteiger partial charge < -0.3 is 10.6 Å². The molecule has 0 saturated heterocycles. The normalized spacial score (nSPS) is 30.9. The molecule has 4 aliphatic carbocycles. The lowest BCUT2D eigenvalue weighted by Crippen LogP contribution is -2.54. The van der Waals surface area contributed by atoms with Crippen molar-refractivity contribution in [1.82, 2.24) is 4.98 Å². The van der Waals surface area contributed by atoms with Gasteiger partial charge in [0.25, 0.3) is 5.91 Å². The summed E-state index contributed by atoms with van der Waals surface area (Å²) in [5.74, 6) is 3.58. The molecule has 1 heterocycles. The summed E-state index contributed by atoms with van der Waals surface area (Å²) < 4.78 is 0. The monoisotopic (exact) mass is 361 g/mol. The van der Waals surface area contributed by atoms with Crippen molar-refractivity contribution >= 4 is 17.4 Å². The molecule has 1 aromatic carbocycles. The van der Waals surface area contributed by atoms with E-state index in [-0.39, 0.29) is 11.4 Å². The van der Waals surface area contributed by atoms with Crippen LogP contribution in [0.1, 0.15) is 54.4 Å². The van der Waals surface area contributed by atoms with Crippen LogP contribution in [0.4, 0.5) is 11.5 Å². The van der Waals surface area contributed by atoms with E-state index < -0.39 is 0 Å². The largest absolute Gasteiger partial charge is 0.365 e. The Labute approximate surface area is 160 Å². The van der Waals surface area contributed by atoms with Gasteiger partial charge in [0.2, 0.25) is 0 Å². The Hall–Kier alpha value is -2.36. The van der Waals surface area contributed by atoms with Crippen molar-refractivity contribution in [2.75, 3.05) is 10.6 Å². The molecule has 0 aliphatic heterocycles. The third-order valence-corrected chi connectivity index (χ3v) is 6.73. The van der Waals surface area contributed by atoms with E-state index in [0.29, 0.717) is 5.56 Å². The standard InChI is InChI=1S/C23H27N3O/c1-15-3-2-4-19(7-15)22(27)25-20-5-6-21(24-14-20)26-23-11-16-8-17(12-23)10-18(9-16)13-23/h2-7,14,16-18H,8-13H2,1H3,(H,24,26)(H,25,27). The Bertz CT molecular complexity index is 823. The van der Waals surface area contributed by atoms with Gasteiger partial charge in [-0.2, -0.15) is 0 Å². The number of pyridine rings is 1. The topological polar surface area (TPSA) is 54.0 Å². The highest BCUT2D eigenvalue weighted by Gasteiger charge is 2.51. The van der Waals surface area contributed by atoms with Crippen molar-refractivity contribution < 1.29 is 4.79 Å². The number of carbonyl (C=O) groups is 1. The quantitative estimate of drug-likeness (QED) is 0.804. The summed E-state index contributed by atoms with van der Waals surface area (Å²) in [5.41, 5.74) is 2.74. The molecule has 140 valence electrons. The third kappa shape index (κ3) is 3.33. The molecule has 0 radical (unpaired) electrons. The van der Waals surface area contributed by atoms with Crippen LogP contribution in [0, 0.1) is 24.7 Å². The minimum atomic E-state index is -0.0951. The summed E-state index contributed by atoms with van der Waals surface area (Å²) in [5, 5.41) is 6.73. The molecule has 6 rings (SSSR count). The fourth-order valence-electron chi connectivity index (χ4n) is 6.07. The minimum absolute atomic E-state index is 0.0951. The van der Waals surface area contributed by atoms with Gasteiger partial charge in [0.1, 0.15) is 5.82 Å². The van der Waals surface area contributed by atoms with Gasteiger partial charge in [-0.15, -0.1) is 0 Å². The van der Waals surface area contributed by atoms with Crippen LogP contribution >= 0.6 is 0 Å². The first kappa shape index (κ1) is 16.8. The maximum Gasteiger partial charge on any atom is 0.255 e. The van der Waals surface area contributed by atoms with E-state index in [9.17, 15) is 4.79 Å². The lowest BCUT2D eigenvalue weighted by atomic mass is 9.53. The average Bonchev–Trinajstić information content (AvgIpc) is 2.62. The zero-order valence-corrected chi connectivity index (χ0v) is 15.9. The van der Waals surface area contributed by atoms with Gasteiger partial charge in [-0.25, -0.2) is 4.98 Å². The number of rotatable bonds is 4. The van der Waals surface area contributed by atoms with E-state index in [1.54, 1.807) is 6.20 Å². The van der Waals surface area contributed by atoms with E-state index in [1.165, 1.54) is 38.5 Å². The van der Waals surface area contributed by atoms with Crippen molar-refractivity contribution in [3.05, 3.63) is 53.7 Å². The number of amides is 1. The highest BCUT2D eigenvalue weighted by atomic mass is 16.1. The molecule has 0 unspecified atom stereocenters. The van der Waals surface area contributed by atoms with Gasteiger partial charge >= 0.3 is 0 Å². The molecular weight excluding hydrogens is 334 g/mol. The maximum atomic E-state index is 12.4. The van der Waals surface area contributed by atoms with Crippen LogP contribution in [0.25, 0.3) is 0 Å². The first-order valence-electron chi connectivity index (χ1n) is 10.2. The zero-order valence-electron chi connectivity index (χ0n) is 15.9. The summed E-state index contributed by atoms with van der Waals surface area (Å²) in [4.78, 5) is 17.0. The zero-order chi connectivity index (χ0) is 18.4. The van der Waals surface area contributed by atoms with E-state index in [0.717, 1.165) is 34.8 Å². The Morgan fingerprint density at radius 1 is 1.04 bits per heavy atom. The van der Waals surface area contributed by atoms with Crippen molar-refractivity contribution in [1.29, 1.82) is 0 Å². The number of aromatic nitrogens is 1. The number of anilines is 2. The number of aryl methyl sites for hydroxylation is 1. The van der Waals surface area contributed by atoms with Crippen LogP contribution < -0.4 is 10.6 Å². The fraction of sp³-hybridized carbons (Fsp3) is 0.478. The summed E-state index contributed by atoms with van der Waals surface area (Å²) in [7, 11) is 0. The van der Waals surface area contributed by atoms with Gasteiger partial charge in [0, 0.05) is 11.1 Å². The molecule has 4 nitrogen and oxygen atoms in total. The second-order valence-corrected chi connectivity index (χ2v) is 9.08. The lowest BCUT2D eigenvalue weighted by molar-refractivity contribution is 0.0105. The molecule has 4 aliphatic rings. The van der Waals surface area contributed by atoms with E-state index in [2.05, 4.69) is 15.6 Å². The van der Waals surface area contributed by atoms with Crippen LogP contribution in [0.2, 0.25) is 0 Å².